The van der Waals surface area contributed by atoms with Crippen LogP contribution in [0.2, 0.25) is 0 Å². The molecule has 7 nitrogen and oxygen atoms in total. The molecular weight excluding hydrogens is 366 g/mol. The molecule has 0 aromatic carbocycles. The van der Waals surface area contributed by atoms with Crippen molar-refractivity contribution in [2.45, 2.75) is 65.8 Å². The molecule has 4 rings (SSSR count). The lowest BCUT2D eigenvalue weighted by Crippen LogP contribution is -2.26. The van der Waals surface area contributed by atoms with E-state index in [0.717, 1.165) is 54.6 Å². The number of hydrogen-bond donors (Lipinski definition) is 1. The normalized spacial score (nSPS) is 14.5. The molecule has 0 saturated heterocycles. The first-order valence-electron chi connectivity index (χ1n) is 10.4. The Bertz CT molecular complexity index is 1020. The minimum absolute atomic E-state index is 0.0363. The molecule has 3 aromatic heterocycles. The minimum atomic E-state index is -0.0886. The van der Waals surface area contributed by atoms with E-state index < -0.39 is 0 Å². The van der Waals surface area contributed by atoms with Crippen LogP contribution in [0.25, 0.3) is 11.1 Å². The Morgan fingerprint density at radius 3 is 2.79 bits per heavy atom. The summed E-state index contributed by atoms with van der Waals surface area (Å²) in [5.41, 5.74) is 4.03. The van der Waals surface area contributed by atoms with Gasteiger partial charge >= 0.3 is 0 Å². The highest BCUT2D eigenvalue weighted by Gasteiger charge is 2.29. The lowest BCUT2D eigenvalue weighted by Gasteiger charge is -2.16. The van der Waals surface area contributed by atoms with Crippen LogP contribution < -0.4 is 5.32 Å². The van der Waals surface area contributed by atoms with Crippen molar-refractivity contribution in [3.8, 4) is 0 Å². The van der Waals surface area contributed by atoms with E-state index in [9.17, 15) is 4.79 Å². The summed E-state index contributed by atoms with van der Waals surface area (Å²) < 4.78 is 7.44. The molecule has 0 aliphatic heterocycles. The summed E-state index contributed by atoms with van der Waals surface area (Å²) in [5.74, 6) is 0.347. The summed E-state index contributed by atoms with van der Waals surface area (Å²) in [7, 11) is 0. The number of aromatic nitrogens is 4. The van der Waals surface area contributed by atoms with Crippen molar-refractivity contribution < 1.29 is 9.32 Å². The quantitative estimate of drug-likeness (QED) is 0.611. The average molecular weight is 396 g/mol. The third kappa shape index (κ3) is 4.66. The Morgan fingerprint density at radius 1 is 1.34 bits per heavy atom. The molecule has 7 heteroatoms. The SMILES string of the molecule is Cc1cnn(CCCNC(=O)c2cc(C3CC3)nc3onc(CC(C)(C)C)c23)c1. The van der Waals surface area contributed by atoms with Crippen LogP contribution in [0.3, 0.4) is 0 Å². The first-order chi connectivity index (χ1) is 13.8. The van der Waals surface area contributed by atoms with Gasteiger partial charge in [-0.3, -0.25) is 9.48 Å². The summed E-state index contributed by atoms with van der Waals surface area (Å²) in [5, 5.41) is 12.3. The van der Waals surface area contributed by atoms with Crippen molar-refractivity contribution in [2.75, 3.05) is 6.54 Å². The van der Waals surface area contributed by atoms with Crippen LogP contribution >= 0.6 is 0 Å². The van der Waals surface area contributed by atoms with Crippen LogP contribution in [-0.2, 0) is 13.0 Å². The van der Waals surface area contributed by atoms with E-state index in [4.69, 9.17) is 4.52 Å². The number of aryl methyl sites for hydroxylation is 2. The fourth-order valence-electron chi connectivity index (χ4n) is 3.55. The average Bonchev–Trinajstić information content (AvgIpc) is 3.32. The number of rotatable bonds is 7. The number of nitrogens with zero attached hydrogens (tertiary/aromatic N) is 4. The van der Waals surface area contributed by atoms with E-state index in [1.54, 1.807) is 0 Å². The molecule has 1 saturated carbocycles. The molecule has 0 unspecified atom stereocenters. The third-order valence-corrected chi connectivity index (χ3v) is 5.09. The summed E-state index contributed by atoms with van der Waals surface area (Å²) >= 11 is 0. The van der Waals surface area contributed by atoms with Crippen molar-refractivity contribution in [1.82, 2.24) is 25.2 Å². The zero-order valence-electron chi connectivity index (χ0n) is 17.7. The number of pyridine rings is 1. The zero-order chi connectivity index (χ0) is 20.6. The summed E-state index contributed by atoms with van der Waals surface area (Å²) in [4.78, 5) is 17.7. The molecule has 0 atom stereocenters. The van der Waals surface area contributed by atoms with Gasteiger partial charge in [-0.25, -0.2) is 4.98 Å². The van der Waals surface area contributed by atoms with Crippen LogP contribution in [0.4, 0.5) is 0 Å². The molecule has 3 heterocycles. The van der Waals surface area contributed by atoms with Crippen LogP contribution in [0.1, 0.15) is 73.3 Å². The van der Waals surface area contributed by atoms with E-state index in [-0.39, 0.29) is 11.3 Å². The second-order valence-electron chi connectivity index (χ2n) is 9.31. The summed E-state index contributed by atoms with van der Waals surface area (Å²) in [6, 6.07) is 1.94. The number of carbonyl (C=O) groups is 1. The number of hydrogen-bond acceptors (Lipinski definition) is 5. The first kappa shape index (κ1) is 19.6. The molecule has 1 aliphatic carbocycles. The fraction of sp³-hybridized carbons (Fsp3) is 0.545. The number of fused-ring (bicyclic) bond motifs is 1. The van der Waals surface area contributed by atoms with Crippen molar-refractivity contribution in [1.29, 1.82) is 0 Å². The molecule has 1 N–H and O–H groups in total. The van der Waals surface area contributed by atoms with Crippen LogP contribution in [-0.4, -0.2) is 32.4 Å². The van der Waals surface area contributed by atoms with E-state index in [0.29, 0.717) is 23.7 Å². The highest BCUT2D eigenvalue weighted by atomic mass is 16.5. The lowest BCUT2D eigenvalue weighted by atomic mass is 9.89. The van der Waals surface area contributed by atoms with Crippen molar-refractivity contribution in [3.63, 3.8) is 0 Å². The Hall–Kier alpha value is -2.70. The maximum atomic E-state index is 13.1. The van der Waals surface area contributed by atoms with Gasteiger partial charge in [0.25, 0.3) is 11.6 Å². The molecular formula is C22H29N5O2. The molecule has 3 aromatic rings. The maximum absolute atomic E-state index is 13.1. The Labute approximate surface area is 170 Å². The number of carbonyl (C=O) groups excluding carboxylic acids is 1. The predicted octanol–water partition coefficient (Wildman–Crippen LogP) is 4.01. The van der Waals surface area contributed by atoms with Crippen molar-refractivity contribution in [3.05, 3.63) is 41.0 Å². The van der Waals surface area contributed by atoms with Crippen molar-refractivity contribution in [2.24, 2.45) is 5.41 Å². The van der Waals surface area contributed by atoms with E-state index in [1.807, 2.05) is 30.1 Å². The van der Waals surface area contributed by atoms with Gasteiger partial charge in [0, 0.05) is 30.9 Å². The van der Waals surface area contributed by atoms with Gasteiger partial charge in [-0.1, -0.05) is 25.9 Å². The number of amides is 1. The van der Waals surface area contributed by atoms with Gasteiger partial charge in [-0.15, -0.1) is 0 Å². The van der Waals surface area contributed by atoms with E-state index in [2.05, 4.69) is 41.3 Å². The Morgan fingerprint density at radius 2 is 2.14 bits per heavy atom. The van der Waals surface area contributed by atoms with Crippen LogP contribution in [0, 0.1) is 12.3 Å². The number of nitrogens with one attached hydrogen (secondary N) is 1. The molecule has 0 bridgehead atoms. The Balaban J connectivity index is 1.53. The highest BCUT2D eigenvalue weighted by Crippen LogP contribution is 2.40. The first-order valence-corrected chi connectivity index (χ1v) is 10.4. The molecule has 1 aliphatic rings. The fourth-order valence-corrected chi connectivity index (χ4v) is 3.55. The van der Waals surface area contributed by atoms with Gasteiger partial charge in [-0.05, 0) is 49.7 Å². The minimum Gasteiger partial charge on any atom is -0.352 e. The summed E-state index contributed by atoms with van der Waals surface area (Å²) in [6.07, 6.45) is 7.62. The van der Waals surface area contributed by atoms with Gasteiger partial charge in [0.05, 0.1) is 22.8 Å². The van der Waals surface area contributed by atoms with Gasteiger partial charge in [0.2, 0.25) is 0 Å². The standard InChI is InChI=1S/C22H29N5O2/c1-14-12-24-27(13-14)9-5-8-23-20(28)16-10-17(15-6-7-15)25-21-19(16)18(26-29-21)11-22(2,3)4/h10,12-13,15H,5-9,11H2,1-4H3,(H,23,28). The molecule has 1 amide bonds. The molecule has 0 spiro atoms. The van der Waals surface area contributed by atoms with Crippen LogP contribution in [0.5, 0.6) is 0 Å². The predicted molar refractivity (Wildman–Crippen MR) is 111 cm³/mol. The third-order valence-electron chi connectivity index (χ3n) is 5.09. The molecule has 29 heavy (non-hydrogen) atoms. The topological polar surface area (TPSA) is 85.8 Å². The van der Waals surface area contributed by atoms with Crippen molar-refractivity contribution >= 4 is 17.0 Å². The molecule has 0 radical (unpaired) electrons. The molecule has 1 fully saturated rings. The second-order valence-corrected chi connectivity index (χ2v) is 9.31. The zero-order valence-corrected chi connectivity index (χ0v) is 17.7. The highest BCUT2D eigenvalue weighted by molar-refractivity contribution is 6.06. The van der Waals surface area contributed by atoms with Gasteiger partial charge in [0.15, 0.2) is 0 Å². The largest absolute Gasteiger partial charge is 0.352 e. The Kier molecular flexibility index (Phi) is 5.15. The van der Waals surface area contributed by atoms with E-state index >= 15 is 0 Å². The van der Waals surface area contributed by atoms with Gasteiger partial charge in [0.1, 0.15) is 0 Å². The smallest absolute Gasteiger partial charge is 0.259 e. The molecule has 154 valence electrons. The van der Waals surface area contributed by atoms with Gasteiger partial charge in [-0.2, -0.15) is 5.10 Å². The lowest BCUT2D eigenvalue weighted by molar-refractivity contribution is 0.0954. The van der Waals surface area contributed by atoms with E-state index in [1.165, 1.54) is 0 Å². The second kappa shape index (κ2) is 7.61. The van der Waals surface area contributed by atoms with Crippen LogP contribution in [0.15, 0.2) is 23.0 Å². The monoisotopic (exact) mass is 395 g/mol. The maximum Gasteiger partial charge on any atom is 0.259 e. The van der Waals surface area contributed by atoms with Gasteiger partial charge < -0.3 is 9.84 Å². The summed E-state index contributed by atoms with van der Waals surface area (Å²) in [6.45, 7) is 9.82.